The maximum atomic E-state index is 12.5. The summed E-state index contributed by atoms with van der Waals surface area (Å²) in [5.74, 6) is 0. The Labute approximate surface area is 88.1 Å². The van der Waals surface area contributed by atoms with E-state index >= 15 is 0 Å². The highest BCUT2D eigenvalue weighted by Crippen LogP contribution is 2.25. The van der Waals surface area contributed by atoms with E-state index < -0.39 is 13.4 Å². The van der Waals surface area contributed by atoms with Crippen LogP contribution in [0, 0.1) is 0 Å². The van der Waals surface area contributed by atoms with Gasteiger partial charge in [-0.1, -0.05) is 12.1 Å². The van der Waals surface area contributed by atoms with Gasteiger partial charge >= 0.3 is 13.4 Å². The summed E-state index contributed by atoms with van der Waals surface area (Å²) in [4.78, 5) is 0. The lowest BCUT2D eigenvalue weighted by Gasteiger charge is -2.07. The molecule has 0 unspecified atom stereocenters. The number of rotatable bonds is 1. The average Bonchev–Trinajstić information content (AvgIpc) is 2.58. The van der Waals surface area contributed by atoms with Gasteiger partial charge in [-0.3, -0.25) is 0 Å². The number of hydrogen-bond donors (Lipinski definition) is 2. The molecule has 0 saturated heterocycles. The molecule has 2 rings (SSSR count). The van der Waals surface area contributed by atoms with Crippen molar-refractivity contribution in [3.8, 4) is 0 Å². The van der Waals surface area contributed by atoms with Crippen LogP contribution in [0.4, 0.5) is 13.2 Å². The molecule has 0 atom stereocenters. The Balaban J connectivity index is 2.65. The van der Waals surface area contributed by atoms with Crippen LogP contribution in [-0.2, 0) is 6.30 Å². The fourth-order valence-electron chi connectivity index (χ4n) is 1.40. The first-order chi connectivity index (χ1) is 7.39. The van der Waals surface area contributed by atoms with Crippen LogP contribution in [0.15, 0.2) is 24.4 Å². The van der Waals surface area contributed by atoms with Gasteiger partial charge in [0.25, 0.3) is 0 Å². The van der Waals surface area contributed by atoms with Crippen molar-refractivity contribution in [3.63, 3.8) is 0 Å². The van der Waals surface area contributed by atoms with Crippen molar-refractivity contribution >= 4 is 23.5 Å². The van der Waals surface area contributed by atoms with E-state index in [2.05, 4.69) is 5.10 Å². The summed E-state index contributed by atoms with van der Waals surface area (Å²) in [6.45, 7) is 0. The number of fused-ring (bicyclic) bond motifs is 1. The Hall–Kier alpha value is -1.54. The summed E-state index contributed by atoms with van der Waals surface area (Å²) >= 11 is 0. The molecule has 2 N–H and O–H groups in total. The van der Waals surface area contributed by atoms with Gasteiger partial charge < -0.3 is 10.0 Å². The Bertz CT molecular complexity index is 523. The second-order valence-electron chi connectivity index (χ2n) is 3.22. The number of hydrogen-bond acceptors (Lipinski definition) is 3. The maximum Gasteiger partial charge on any atom is 0.505 e. The van der Waals surface area contributed by atoms with Gasteiger partial charge in [0.2, 0.25) is 0 Å². The summed E-state index contributed by atoms with van der Waals surface area (Å²) in [6, 6.07) is 3.72. The van der Waals surface area contributed by atoms with Crippen molar-refractivity contribution in [2.75, 3.05) is 0 Å². The SMILES string of the molecule is OB(O)c1ccc2cnn(C(F)(F)F)c2c1. The summed E-state index contributed by atoms with van der Waals surface area (Å²) in [7, 11) is -1.80. The minimum Gasteiger partial charge on any atom is -0.423 e. The van der Waals surface area contributed by atoms with Crippen LogP contribution in [-0.4, -0.2) is 26.9 Å². The molecule has 4 nitrogen and oxygen atoms in total. The standard InChI is InChI=1S/C8H6BF3N2O2/c10-8(11,12)14-7-3-6(9(15)16)2-1-5(7)4-13-14/h1-4,15-16H. The van der Waals surface area contributed by atoms with Gasteiger partial charge in [-0.15, -0.1) is 13.2 Å². The quantitative estimate of drug-likeness (QED) is 0.687. The average molecular weight is 230 g/mol. The van der Waals surface area contributed by atoms with Crippen LogP contribution in [0.25, 0.3) is 10.9 Å². The minimum atomic E-state index is -4.62. The largest absolute Gasteiger partial charge is 0.505 e. The van der Waals surface area contributed by atoms with E-state index in [1.165, 1.54) is 12.1 Å². The molecule has 0 amide bonds. The van der Waals surface area contributed by atoms with Gasteiger partial charge in [0, 0.05) is 5.39 Å². The van der Waals surface area contributed by atoms with E-state index in [4.69, 9.17) is 10.0 Å². The first kappa shape index (κ1) is 11.0. The monoisotopic (exact) mass is 230 g/mol. The first-order valence-electron chi connectivity index (χ1n) is 4.30. The van der Waals surface area contributed by atoms with Gasteiger partial charge in [-0.2, -0.15) is 9.78 Å². The molecule has 16 heavy (non-hydrogen) atoms. The van der Waals surface area contributed by atoms with Crippen LogP contribution >= 0.6 is 0 Å². The molecule has 0 aliphatic rings. The highest BCUT2D eigenvalue weighted by molar-refractivity contribution is 6.58. The van der Waals surface area contributed by atoms with E-state index in [1.807, 2.05) is 0 Å². The minimum absolute atomic E-state index is 0.0153. The molecule has 0 radical (unpaired) electrons. The molecule has 8 heteroatoms. The molecule has 0 fully saturated rings. The van der Waals surface area contributed by atoms with Gasteiger partial charge in [0.05, 0.1) is 11.7 Å². The molecule has 0 aliphatic heterocycles. The number of alkyl halides is 3. The highest BCUT2D eigenvalue weighted by Gasteiger charge is 2.33. The highest BCUT2D eigenvalue weighted by atomic mass is 19.4. The number of aromatic nitrogens is 2. The third-order valence-corrected chi connectivity index (χ3v) is 2.13. The lowest BCUT2D eigenvalue weighted by atomic mass is 9.80. The topological polar surface area (TPSA) is 58.3 Å². The molecule has 84 valence electrons. The number of halogens is 3. The molecule has 0 bridgehead atoms. The molecular formula is C8H6BF3N2O2. The second kappa shape index (κ2) is 3.50. The summed E-state index contributed by atoms with van der Waals surface area (Å²) in [5, 5.41) is 21.2. The first-order valence-corrected chi connectivity index (χ1v) is 4.30. The molecule has 1 aromatic carbocycles. The Morgan fingerprint density at radius 2 is 1.94 bits per heavy atom. The van der Waals surface area contributed by atoms with Gasteiger partial charge in [-0.25, -0.2) is 0 Å². The lowest BCUT2D eigenvalue weighted by molar-refractivity contribution is -0.209. The Morgan fingerprint density at radius 1 is 1.25 bits per heavy atom. The van der Waals surface area contributed by atoms with Crippen molar-refractivity contribution in [3.05, 3.63) is 24.4 Å². The molecule has 1 heterocycles. The van der Waals surface area contributed by atoms with Crippen LogP contribution in [0.3, 0.4) is 0 Å². The fraction of sp³-hybridized carbons (Fsp3) is 0.125. The van der Waals surface area contributed by atoms with Gasteiger partial charge in [0.15, 0.2) is 0 Å². The molecule has 1 aromatic heterocycles. The predicted molar refractivity (Wildman–Crippen MR) is 50.9 cm³/mol. The van der Waals surface area contributed by atoms with Crippen molar-refractivity contribution in [1.82, 2.24) is 9.78 Å². The van der Waals surface area contributed by atoms with Gasteiger partial charge in [0.1, 0.15) is 0 Å². The summed E-state index contributed by atoms with van der Waals surface area (Å²) in [6.07, 6.45) is -3.56. The van der Waals surface area contributed by atoms with E-state index in [0.717, 1.165) is 12.3 Å². The van der Waals surface area contributed by atoms with E-state index in [1.54, 1.807) is 0 Å². The second-order valence-corrected chi connectivity index (χ2v) is 3.22. The zero-order chi connectivity index (χ0) is 11.9. The van der Waals surface area contributed by atoms with Crippen molar-refractivity contribution < 1.29 is 23.2 Å². The maximum absolute atomic E-state index is 12.5. The van der Waals surface area contributed by atoms with Crippen LogP contribution in [0.5, 0.6) is 0 Å². The van der Waals surface area contributed by atoms with Crippen LogP contribution in [0.1, 0.15) is 0 Å². The molecule has 0 spiro atoms. The molecule has 0 saturated carbocycles. The Morgan fingerprint density at radius 3 is 2.50 bits per heavy atom. The van der Waals surface area contributed by atoms with Crippen LogP contribution < -0.4 is 5.46 Å². The zero-order valence-electron chi connectivity index (χ0n) is 7.81. The van der Waals surface area contributed by atoms with Crippen molar-refractivity contribution in [1.29, 1.82) is 0 Å². The van der Waals surface area contributed by atoms with Gasteiger partial charge in [-0.05, 0) is 11.5 Å². The molecule has 0 aliphatic carbocycles. The van der Waals surface area contributed by atoms with Crippen LogP contribution in [0.2, 0.25) is 0 Å². The zero-order valence-corrected chi connectivity index (χ0v) is 7.81. The predicted octanol–water partition coefficient (Wildman–Crippen LogP) is 0.192. The smallest absolute Gasteiger partial charge is 0.423 e. The molecular weight excluding hydrogens is 224 g/mol. The number of nitrogens with zero attached hydrogens (tertiary/aromatic N) is 2. The van der Waals surface area contributed by atoms with Crippen molar-refractivity contribution in [2.45, 2.75) is 6.30 Å². The molecule has 2 aromatic rings. The third kappa shape index (κ3) is 1.77. The lowest BCUT2D eigenvalue weighted by Crippen LogP contribution is -2.30. The summed E-state index contributed by atoms with van der Waals surface area (Å²) < 4.78 is 37.3. The van der Waals surface area contributed by atoms with Crippen molar-refractivity contribution in [2.24, 2.45) is 0 Å². The van der Waals surface area contributed by atoms with E-state index in [9.17, 15) is 13.2 Å². The third-order valence-electron chi connectivity index (χ3n) is 2.13. The Kier molecular flexibility index (Phi) is 2.40. The van der Waals surface area contributed by atoms with E-state index in [-0.39, 0.29) is 21.0 Å². The number of benzene rings is 1. The fourth-order valence-corrected chi connectivity index (χ4v) is 1.40. The van der Waals surface area contributed by atoms with E-state index in [0.29, 0.717) is 0 Å². The normalized spacial score (nSPS) is 12.1. The summed E-state index contributed by atoms with van der Waals surface area (Å²) in [5.41, 5.74) is -0.225.